The molecule has 1 fully saturated rings. The lowest BCUT2D eigenvalue weighted by molar-refractivity contribution is -0.112. The molecule has 0 bridgehead atoms. The van der Waals surface area contributed by atoms with Gasteiger partial charge in [-0.05, 0) is 12.1 Å². The van der Waals surface area contributed by atoms with Crippen molar-refractivity contribution in [2.45, 2.75) is 18.1 Å². The first kappa shape index (κ1) is 9.71. The molecule has 0 aliphatic carbocycles. The van der Waals surface area contributed by atoms with Crippen LogP contribution in [0.3, 0.4) is 0 Å². The molecule has 1 aromatic heterocycles. The van der Waals surface area contributed by atoms with E-state index < -0.39 is 11.7 Å². The maximum absolute atomic E-state index is 10.1. The van der Waals surface area contributed by atoms with Crippen LogP contribution in [0.5, 0.6) is 0 Å². The van der Waals surface area contributed by atoms with Crippen LogP contribution in [0, 0.1) is 0 Å². The molecular formula is C10H14O4. The van der Waals surface area contributed by atoms with Crippen molar-refractivity contribution >= 4 is 0 Å². The molecule has 1 saturated heterocycles. The Bertz CT molecular complexity index is 274. The van der Waals surface area contributed by atoms with Gasteiger partial charge < -0.3 is 19.0 Å². The molecule has 0 aromatic carbocycles. The van der Waals surface area contributed by atoms with Gasteiger partial charge in [0.1, 0.15) is 17.5 Å². The molecule has 1 N–H and O–H groups in total. The number of ether oxygens (including phenoxy) is 2. The van der Waals surface area contributed by atoms with Crippen molar-refractivity contribution in [2.75, 3.05) is 20.3 Å². The van der Waals surface area contributed by atoms with Gasteiger partial charge in [-0.1, -0.05) is 0 Å². The number of aliphatic hydroxyl groups excluding tert-OH is 1. The van der Waals surface area contributed by atoms with Crippen molar-refractivity contribution < 1.29 is 19.0 Å². The monoisotopic (exact) mass is 198 g/mol. The zero-order valence-electron chi connectivity index (χ0n) is 8.10. The third-order valence-corrected chi connectivity index (χ3v) is 2.73. The molecular weight excluding hydrogens is 184 g/mol. The lowest BCUT2D eigenvalue weighted by atomic mass is 9.94. The van der Waals surface area contributed by atoms with Crippen LogP contribution in [-0.2, 0) is 9.47 Å². The number of hydrogen-bond acceptors (Lipinski definition) is 4. The van der Waals surface area contributed by atoms with Crippen LogP contribution in [0.15, 0.2) is 22.8 Å². The zero-order valence-corrected chi connectivity index (χ0v) is 8.10. The number of aliphatic hydroxyl groups is 1. The second-order valence-corrected chi connectivity index (χ2v) is 3.49. The fraction of sp³-hybridized carbons (Fsp3) is 0.600. The van der Waals surface area contributed by atoms with E-state index in [-0.39, 0.29) is 0 Å². The second-order valence-electron chi connectivity index (χ2n) is 3.49. The Morgan fingerprint density at radius 2 is 2.50 bits per heavy atom. The second kappa shape index (κ2) is 3.73. The maximum atomic E-state index is 10.1. The predicted molar refractivity (Wildman–Crippen MR) is 48.8 cm³/mol. The topological polar surface area (TPSA) is 51.8 Å². The fourth-order valence-corrected chi connectivity index (χ4v) is 1.76. The highest BCUT2D eigenvalue weighted by atomic mass is 16.6. The Balaban J connectivity index is 2.19. The first-order valence-corrected chi connectivity index (χ1v) is 4.63. The van der Waals surface area contributed by atoms with E-state index in [0.717, 1.165) is 0 Å². The van der Waals surface area contributed by atoms with Crippen LogP contribution in [0.25, 0.3) is 0 Å². The zero-order chi connectivity index (χ0) is 10.0. The van der Waals surface area contributed by atoms with E-state index in [1.165, 1.54) is 6.26 Å². The van der Waals surface area contributed by atoms with E-state index >= 15 is 0 Å². The van der Waals surface area contributed by atoms with Gasteiger partial charge in [0.05, 0.1) is 12.9 Å². The van der Waals surface area contributed by atoms with Gasteiger partial charge in [-0.15, -0.1) is 0 Å². The first-order valence-electron chi connectivity index (χ1n) is 4.63. The molecule has 1 aliphatic heterocycles. The smallest absolute Gasteiger partial charge is 0.143 e. The van der Waals surface area contributed by atoms with E-state index in [1.54, 1.807) is 19.2 Å². The van der Waals surface area contributed by atoms with Crippen LogP contribution in [0.1, 0.15) is 18.3 Å². The fourth-order valence-electron chi connectivity index (χ4n) is 1.76. The average Bonchev–Trinajstić information content (AvgIpc) is 2.89. The van der Waals surface area contributed by atoms with E-state index in [1.807, 2.05) is 0 Å². The van der Waals surface area contributed by atoms with Gasteiger partial charge in [-0.3, -0.25) is 0 Å². The SMILES string of the molecule is COC1(C(O)c2ccco2)CCOC1. The van der Waals surface area contributed by atoms with Crippen molar-refractivity contribution in [3.63, 3.8) is 0 Å². The summed E-state index contributed by atoms with van der Waals surface area (Å²) in [4.78, 5) is 0. The number of methoxy groups -OCH3 is 1. The van der Waals surface area contributed by atoms with Crippen molar-refractivity contribution in [3.05, 3.63) is 24.2 Å². The van der Waals surface area contributed by atoms with Crippen LogP contribution in [0.2, 0.25) is 0 Å². The minimum absolute atomic E-state index is 0.408. The van der Waals surface area contributed by atoms with Crippen molar-refractivity contribution in [3.8, 4) is 0 Å². The molecule has 14 heavy (non-hydrogen) atoms. The summed E-state index contributed by atoms with van der Waals surface area (Å²) in [5.41, 5.74) is -0.641. The van der Waals surface area contributed by atoms with Crippen LogP contribution in [-0.4, -0.2) is 31.0 Å². The summed E-state index contributed by atoms with van der Waals surface area (Å²) in [6.45, 7) is 1.02. The van der Waals surface area contributed by atoms with E-state index in [9.17, 15) is 5.11 Å². The highest BCUT2D eigenvalue weighted by Crippen LogP contribution is 2.35. The van der Waals surface area contributed by atoms with Crippen molar-refractivity contribution in [1.82, 2.24) is 0 Å². The Labute approximate surface area is 82.4 Å². The third kappa shape index (κ3) is 1.45. The number of hydrogen-bond donors (Lipinski definition) is 1. The van der Waals surface area contributed by atoms with Crippen molar-refractivity contribution in [2.24, 2.45) is 0 Å². The number of rotatable bonds is 3. The number of furan rings is 1. The molecule has 2 rings (SSSR count). The molecule has 0 saturated carbocycles. The molecule has 1 aliphatic rings. The quantitative estimate of drug-likeness (QED) is 0.790. The highest BCUT2D eigenvalue weighted by Gasteiger charge is 2.44. The Morgan fingerprint density at radius 3 is 3.00 bits per heavy atom. The Morgan fingerprint density at radius 1 is 1.64 bits per heavy atom. The summed E-state index contributed by atoms with van der Waals surface area (Å²) in [6.07, 6.45) is 1.47. The van der Waals surface area contributed by atoms with Crippen LogP contribution in [0.4, 0.5) is 0 Å². The molecule has 2 heterocycles. The van der Waals surface area contributed by atoms with E-state index in [0.29, 0.717) is 25.4 Å². The molecule has 1 aromatic rings. The molecule has 0 spiro atoms. The normalized spacial score (nSPS) is 29.3. The molecule has 4 heteroatoms. The van der Waals surface area contributed by atoms with E-state index in [2.05, 4.69) is 0 Å². The summed E-state index contributed by atoms with van der Waals surface area (Å²) in [5, 5.41) is 10.1. The third-order valence-electron chi connectivity index (χ3n) is 2.73. The van der Waals surface area contributed by atoms with Gasteiger partial charge >= 0.3 is 0 Å². The first-order chi connectivity index (χ1) is 6.78. The summed E-state index contributed by atoms with van der Waals surface area (Å²) in [7, 11) is 1.58. The molecule has 0 radical (unpaired) electrons. The minimum Gasteiger partial charge on any atom is -0.466 e. The maximum Gasteiger partial charge on any atom is 0.143 e. The lowest BCUT2D eigenvalue weighted by Crippen LogP contribution is -2.38. The highest BCUT2D eigenvalue weighted by molar-refractivity contribution is 5.09. The standard InChI is InChI=1S/C10H14O4/c1-12-10(4-6-13-7-10)9(11)8-3-2-5-14-8/h2-3,5,9,11H,4,6-7H2,1H3. The lowest BCUT2D eigenvalue weighted by Gasteiger charge is -2.29. The van der Waals surface area contributed by atoms with Crippen LogP contribution >= 0.6 is 0 Å². The van der Waals surface area contributed by atoms with Gasteiger partial charge in [0, 0.05) is 20.1 Å². The molecule has 4 nitrogen and oxygen atoms in total. The molecule has 78 valence electrons. The van der Waals surface area contributed by atoms with Gasteiger partial charge in [0.15, 0.2) is 0 Å². The largest absolute Gasteiger partial charge is 0.466 e. The van der Waals surface area contributed by atoms with Crippen molar-refractivity contribution in [1.29, 1.82) is 0 Å². The van der Waals surface area contributed by atoms with Crippen LogP contribution < -0.4 is 0 Å². The van der Waals surface area contributed by atoms with Gasteiger partial charge in [-0.25, -0.2) is 0 Å². The summed E-state index contributed by atoms with van der Waals surface area (Å²) >= 11 is 0. The molecule has 2 unspecified atom stereocenters. The summed E-state index contributed by atoms with van der Waals surface area (Å²) in [5.74, 6) is 0.525. The predicted octanol–water partition coefficient (Wildman–Crippen LogP) is 1.12. The van der Waals surface area contributed by atoms with Gasteiger partial charge in [0.25, 0.3) is 0 Å². The van der Waals surface area contributed by atoms with Gasteiger partial charge in [-0.2, -0.15) is 0 Å². The van der Waals surface area contributed by atoms with Gasteiger partial charge in [0.2, 0.25) is 0 Å². The summed E-state index contributed by atoms with van der Waals surface area (Å²) in [6, 6.07) is 3.49. The molecule has 0 amide bonds. The van der Waals surface area contributed by atoms with E-state index in [4.69, 9.17) is 13.9 Å². The Hall–Kier alpha value is -0.840. The average molecular weight is 198 g/mol. The summed E-state index contributed by atoms with van der Waals surface area (Å²) < 4.78 is 15.7. The molecule has 2 atom stereocenters. The Kier molecular flexibility index (Phi) is 2.58. The minimum atomic E-state index is -0.759.